The zero-order valence-electron chi connectivity index (χ0n) is 16.7. The highest BCUT2D eigenvalue weighted by molar-refractivity contribution is 5.99. The average Bonchev–Trinajstić information content (AvgIpc) is 3.54. The van der Waals surface area contributed by atoms with Gasteiger partial charge in [0, 0.05) is 6.20 Å². The van der Waals surface area contributed by atoms with Gasteiger partial charge in [-0.25, -0.2) is 4.68 Å². The topological polar surface area (TPSA) is 108 Å². The van der Waals surface area contributed by atoms with Gasteiger partial charge in [0.2, 0.25) is 5.76 Å². The number of ether oxygens (including phenoxy) is 2. The molecule has 0 bridgehead atoms. The summed E-state index contributed by atoms with van der Waals surface area (Å²) in [7, 11) is 0. The second-order valence-corrected chi connectivity index (χ2v) is 8.46. The van der Waals surface area contributed by atoms with Crippen molar-refractivity contribution in [1.82, 2.24) is 20.3 Å². The predicted octanol–water partition coefficient (Wildman–Crippen LogP) is 1.94. The molecular formula is C21H26N4O5. The van der Waals surface area contributed by atoms with Crippen LogP contribution in [0.5, 0.6) is 0 Å². The van der Waals surface area contributed by atoms with Crippen LogP contribution < -0.4 is 5.32 Å². The molecule has 2 aromatic heterocycles. The molecule has 1 aliphatic carbocycles. The number of furan rings is 1. The Morgan fingerprint density at radius 3 is 2.87 bits per heavy atom. The molecule has 4 heterocycles. The molecule has 0 radical (unpaired) electrons. The Hall–Kier alpha value is -2.52. The van der Waals surface area contributed by atoms with Gasteiger partial charge in [0.1, 0.15) is 18.2 Å². The summed E-state index contributed by atoms with van der Waals surface area (Å²) in [5.41, 5.74) is 1.24. The van der Waals surface area contributed by atoms with Gasteiger partial charge in [-0.3, -0.25) is 9.59 Å². The molecule has 3 aliphatic rings. The third-order valence-electron chi connectivity index (χ3n) is 6.49. The van der Waals surface area contributed by atoms with Crippen LogP contribution in [0.25, 0.3) is 0 Å². The lowest BCUT2D eigenvalue weighted by Crippen LogP contribution is -2.44. The van der Waals surface area contributed by atoms with Crippen molar-refractivity contribution in [1.29, 1.82) is 0 Å². The molecule has 1 N–H and O–H groups in total. The third-order valence-corrected chi connectivity index (χ3v) is 6.49. The molecule has 2 saturated heterocycles. The maximum Gasteiger partial charge on any atom is 0.288 e. The number of hydrogen-bond acceptors (Lipinski definition) is 7. The number of carbonyl (C=O) groups is 2. The lowest BCUT2D eigenvalue weighted by Gasteiger charge is -2.20. The van der Waals surface area contributed by atoms with Crippen LogP contribution in [0.4, 0.5) is 0 Å². The van der Waals surface area contributed by atoms with Crippen LogP contribution in [0.1, 0.15) is 64.8 Å². The normalized spacial score (nSPS) is 29.1. The summed E-state index contributed by atoms with van der Waals surface area (Å²) in [6, 6.07) is 1.08. The summed E-state index contributed by atoms with van der Waals surface area (Å²) >= 11 is 0. The molecule has 0 spiro atoms. The van der Waals surface area contributed by atoms with Gasteiger partial charge in [-0.05, 0) is 18.4 Å². The number of aldehydes is 1. The van der Waals surface area contributed by atoms with Crippen LogP contribution in [-0.4, -0.2) is 58.7 Å². The Balaban J connectivity index is 1.21. The van der Waals surface area contributed by atoms with Crippen molar-refractivity contribution in [3.05, 3.63) is 35.5 Å². The number of hydrogen-bond donors (Lipinski definition) is 1. The van der Waals surface area contributed by atoms with E-state index in [0.29, 0.717) is 25.4 Å². The molecule has 30 heavy (non-hydrogen) atoms. The van der Waals surface area contributed by atoms with E-state index in [-0.39, 0.29) is 35.6 Å². The predicted molar refractivity (Wildman–Crippen MR) is 104 cm³/mol. The number of nitrogens with one attached hydrogen (secondary N) is 1. The van der Waals surface area contributed by atoms with E-state index in [9.17, 15) is 9.59 Å². The number of fused-ring (bicyclic) bond motifs is 1. The first-order chi connectivity index (χ1) is 14.7. The van der Waals surface area contributed by atoms with Gasteiger partial charge in [-0.2, -0.15) is 0 Å². The minimum atomic E-state index is -0.445. The van der Waals surface area contributed by atoms with Gasteiger partial charge in [-0.15, -0.1) is 5.10 Å². The van der Waals surface area contributed by atoms with E-state index in [1.165, 1.54) is 44.4 Å². The Kier molecular flexibility index (Phi) is 5.39. The number of rotatable bonds is 6. The quantitative estimate of drug-likeness (QED) is 0.720. The first-order valence-electron chi connectivity index (χ1n) is 10.7. The fourth-order valence-electron chi connectivity index (χ4n) is 4.92. The Labute approximate surface area is 174 Å². The average molecular weight is 414 g/mol. The molecule has 2 aromatic rings. The van der Waals surface area contributed by atoms with E-state index in [1.54, 1.807) is 0 Å². The highest BCUT2D eigenvalue weighted by Crippen LogP contribution is 2.34. The molecule has 0 unspecified atom stereocenters. The smallest absolute Gasteiger partial charge is 0.288 e. The number of nitrogens with zero attached hydrogens (tertiary/aromatic N) is 3. The molecule has 2 aliphatic heterocycles. The summed E-state index contributed by atoms with van der Waals surface area (Å²) in [5, 5.41) is 11.6. The molecule has 160 valence electrons. The van der Waals surface area contributed by atoms with Crippen LogP contribution >= 0.6 is 0 Å². The molecule has 1 saturated carbocycles. The second-order valence-electron chi connectivity index (χ2n) is 8.46. The van der Waals surface area contributed by atoms with Gasteiger partial charge in [-0.1, -0.05) is 37.3 Å². The van der Waals surface area contributed by atoms with Gasteiger partial charge >= 0.3 is 0 Å². The SMILES string of the molecule is O=Cc1ccoc1C(=O)N[C@H]1CO[C@H]2[C@@H]1OC[C@@H]2n1cc(CC2CCCCC2)nn1. The summed E-state index contributed by atoms with van der Waals surface area (Å²) in [6.45, 7) is 0.784. The van der Waals surface area contributed by atoms with Gasteiger partial charge in [0.25, 0.3) is 5.91 Å². The molecule has 4 atom stereocenters. The first kappa shape index (κ1) is 19.4. The van der Waals surface area contributed by atoms with Crippen LogP contribution in [0.2, 0.25) is 0 Å². The van der Waals surface area contributed by atoms with E-state index in [4.69, 9.17) is 13.9 Å². The molecule has 9 heteroatoms. The number of carbonyl (C=O) groups excluding carboxylic acids is 2. The molecule has 5 rings (SSSR count). The Morgan fingerprint density at radius 2 is 2.03 bits per heavy atom. The van der Waals surface area contributed by atoms with Crippen molar-refractivity contribution in [2.24, 2.45) is 5.92 Å². The van der Waals surface area contributed by atoms with E-state index in [2.05, 4.69) is 15.6 Å². The Bertz CT molecular complexity index is 903. The van der Waals surface area contributed by atoms with Crippen molar-refractivity contribution < 1.29 is 23.5 Å². The van der Waals surface area contributed by atoms with Crippen molar-refractivity contribution in [3.8, 4) is 0 Å². The van der Waals surface area contributed by atoms with Crippen LogP contribution in [0.15, 0.2) is 22.9 Å². The van der Waals surface area contributed by atoms with Crippen molar-refractivity contribution in [2.75, 3.05) is 13.2 Å². The largest absolute Gasteiger partial charge is 0.458 e. The van der Waals surface area contributed by atoms with E-state index >= 15 is 0 Å². The second kappa shape index (κ2) is 8.31. The summed E-state index contributed by atoms with van der Waals surface area (Å²) < 4.78 is 18.9. The molecule has 3 fully saturated rings. The van der Waals surface area contributed by atoms with Crippen molar-refractivity contribution in [2.45, 2.75) is 62.8 Å². The molecule has 9 nitrogen and oxygen atoms in total. The minimum Gasteiger partial charge on any atom is -0.458 e. The summed E-state index contributed by atoms with van der Waals surface area (Å²) in [5.74, 6) is 0.266. The monoisotopic (exact) mass is 414 g/mol. The Morgan fingerprint density at radius 1 is 1.20 bits per heavy atom. The maximum atomic E-state index is 12.5. The van der Waals surface area contributed by atoms with Gasteiger partial charge < -0.3 is 19.2 Å². The summed E-state index contributed by atoms with van der Waals surface area (Å²) in [4.78, 5) is 23.5. The minimum absolute atomic E-state index is 0.00614. The third kappa shape index (κ3) is 3.67. The number of amides is 1. The molecule has 1 amide bonds. The van der Waals surface area contributed by atoms with Crippen LogP contribution in [0, 0.1) is 5.92 Å². The zero-order valence-corrected chi connectivity index (χ0v) is 16.7. The maximum absolute atomic E-state index is 12.5. The molecular weight excluding hydrogens is 388 g/mol. The van der Waals surface area contributed by atoms with Crippen LogP contribution in [-0.2, 0) is 15.9 Å². The molecule has 0 aromatic carbocycles. The summed E-state index contributed by atoms with van der Waals surface area (Å²) in [6.07, 6.45) is 10.9. The van der Waals surface area contributed by atoms with Gasteiger partial charge in [0.05, 0.1) is 36.8 Å². The van der Waals surface area contributed by atoms with Crippen molar-refractivity contribution in [3.63, 3.8) is 0 Å². The van der Waals surface area contributed by atoms with E-state index in [0.717, 1.165) is 12.1 Å². The fraction of sp³-hybridized carbons (Fsp3) is 0.619. The van der Waals surface area contributed by atoms with Gasteiger partial charge in [0.15, 0.2) is 6.29 Å². The fourth-order valence-corrected chi connectivity index (χ4v) is 4.92. The lowest BCUT2D eigenvalue weighted by molar-refractivity contribution is 0.0611. The highest BCUT2D eigenvalue weighted by atomic mass is 16.6. The van der Waals surface area contributed by atoms with Crippen LogP contribution in [0.3, 0.4) is 0 Å². The first-order valence-corrected chi connectivity index (χ1v) is 10.7. The highest BCUT2D eigenvalue weighted by Gasteiger charge is 2.49. The van der Waals surface area contributed by atoms with E-state index < -0.39 is 5.91 Å². The number of aromatic nitrogens is 3. The lowest BCUT2D eigenvalue weighted by atomic mass is 9.86. The standard InChI is InChI=1S/C21H26N4O5/c26-10-14-6-7-28-18(14)21(27)22-16-11-29-20-17(12-30-19(16)20)25-9-15(23-24-25)8-13-4-2-1-3-5-13/h6-7,9-10,13,16-17,19-20H,1-5,8,11-12H2,(H,22,27)/t16-,17-,19+,20+/m0/s1. The van der Waals surface area contributed by atoms with Crippen molar-refractivity contribution >= 4 is 12.2 Å². The zero-order chi connectivity index (χ0) is 20.5. The van der Waals surface area contributed by atoms with E-state index in [1.807, 2.05) is 10.9 Å².